The Balaban J connectivity index is 2.13. The van der Waals surface area contributed by atoms with E-state index in [4.69, 9.17) is 0 Å². The second-order valence-electron chi connectivity index (χ2n) is 7.85. The molecule has 1 aromatic carbocycles. The first-order chi connectivity index (χ1) is 14.5. The predicted molar refractivity (Wildman–Crippen MR) is 123 cm³/mol. The van der Waals surface area contributed by atoms with E-state index in [1.807, 2.05) is 37.3 Å². The average molecular weight is 410 g/mol. The van der Waals surface area contributed by atoms with E-state index in [1.54, 1.807) is 0 Å². The van der Waals surface area contributed by atoms with Crippen LogP contribution in [0.4, 0.5) is 4.39 Å². The molecule has 3 heteroatoms. The quantitative estimate of drug-likeness (QED) is 0.171. The minimum Gasteiger partial charge on any atom is -0.300 e. The lowest BCUT2D eigenvalue weighted by Crippen LogP contribution is -1.99. The van der Waals surface area contributed by atoms with Crippen molar-refractivity contribution in [2.45, 2.75) is 71.6 Å². The molecular weight excluding hydrogens is 373 g/mol. The van der Waals surface area contributed by atoms with Crippen molar-refractivity contribution in [3.05, 3.63) is 72.1 Å². The smallest absolute Gasteiger partial charge is 0.132 e. The van der Waals surface area contributed by atoms with Crippen LogP contribution in [-0.2, 0) is 11.2 Å². The molecule has 2 nitrogen and oxygen atoms in total. The Morgan fingerprint density at radius 2 is 1.80 bits per heavy atom. The first kappa shape index (κ1) is 25.6. The number of rotatable bonds is 15. The van der Waals surface area contributed by atoms with Crippen LogP contribution in [0.2, 0.25) is 0 Å². The molecule has 0 aliphatic carbocycles. The van der Waals surface area contributed by atoms with Crippen molar-refractivity contribution in [1.82, 2.24) is 0 Å². The van der Waals surface area contributed by atoms with E-state index < -0.39 is 0 Å². The zero-order valence-corrected chi connectivity index (χ0v) is 18.5. The van der Waals surface area contributed by atoms with Gasteiger partial charge >= 0.3 is 0 Å². The third-order valence-corrected chi connectivity index (χ3v) is 5.16. The first-order valence-electron chi connectivity index (χ1n) is 11.2. The normalized spacial score (nSPS) is 13.8. The molecular formula is C27H36FNO. The second-order valence-corrected chi connectivity index (χ2v) is 7.85. The number of ketones is 1. The zero-order valence-electron chi connectivity index (χ0n) is 18.5. The van der Waals surface area contributed by atoms with Crippen LogP contribution < -0.4 is 0 Å². The largest absolute Gasteiger partial charge is 0.300 e. The van der Waals surface area contributed by atoms with Crippen LogP contribution in [-0.4, -0.2) is 5.78 Å². The maximum absolute atomic E-state index is 12.9. The van der Waals surface area contributed by atoms with E-state index in [-0.39, 0.29) is 17.5 Å². The number of hydrogen-bond donors (Lipinski definition) is 0. The van der Waals surface area contributed by atoms with Crippen molar-refractivity contribution >= 4 is 5.78 Å². The Kier molecular flexibility index (Phi) is 13.9. The number of carbonyl (C=O) groups excluding carboxylic acids is 1. The third-order valence-electron chi connectivity index (χ3n) is 5.16. The Bertz CT molecular complexity index is 724. The van der Waals surface area contributed by atoms with E-state index in [9.17, 15) is 14.4 Å². The summed E-state index contributed by atoms with van der Waals surface area (Å²) >= 11 is 0. The van der Waals surface area contributed by atoms with Crippen LogP contribution in [0.1, 0.15) is 70.8 Å². The molecule has 0 N–H and O–H groups in total. The zero-order chi connectivity index (χ0) is 22.0. The van der Waals surface area contributed by atoms with Crippen molar-refractivity contribution in [3.8, 4) is 6.07 Å². The van der Waals surface area contributed by atoms with Gasteiger partial charge in [0.15, 0.2) is 0 Å². The first-order valence-corrected chi connectivity index (χ1v) is 11.2. The molecule has 0 fully saturated rings. The molecule has 1 aromatic rings. The topological polar surface area (TPSA) is 40.9 Å². The molecule has 30 heavy (non-hydrogen) atoms. The van der Waals surface area contributed by atoms with E-state index in [1.165, 1.54) is 17.7 Å². The number of hydrogen-bond acceptors (Lipinski definition) is 2. The molecule has 0 saturated carbocycles. The van der Waals surface area contributed by atoms with Crippen LogP contribution in [0, 0.1) is 29.0 Å². The van der Waals surface area contributed by atoms with Gasteiger partial charge in [-0.2, -0.15) is 5.26 Å². The molecule has 2 unspecified atom stereocenters. The summed E-state index contributed by atoms with van der Waals surface area (Å²) in [6.07, 6.45) is 20.3. The van der Waals surface area contributed by atoms with Gasteiger partial charge in [0.2, 0.25) is 0 Å². The van der Waals surface area contributed by atoms with Gasteiger partial charge in [0.1, 0.15) is 11.6 Å². The molecule has 0 aliphatic heterocycles. The highest BCUT2D eigenvalue weighted by molar-refractivity contribution is 5.77. The van der Waals surface area contributed by atoms with Crippen LogP contribution >= 0.6 is 0 Å². The van der Waals surface area contributed by atoms with E-state index >= 15 is 0 Å². The molecule has 0 saturated heterocycles. The number of Topliss-reactive ketones (excluding diaryl/α,β-unsaturated/α-hetero) is 1. The van der Waals surface area contributed by atoms with E-state index in [0.717, 1.165) is 44.9 Å². The van der Waals surface area contributed by atoms with Gasteiger partial charge in [0, 0.05) is 18.8 Å². The number of carbonyl (C=O) groups is 1. The molecule has 0 amide bonds. The van der Waals surface area contributed by atoms with E-state index in [2.05, 4.69) is 31.2 Å². The summed E-state index contributed by atoms with van der Waals surface area (Å²) in [5.41, 5.74) is 1.18. The molecule has 162 valence electrons. The highest BCUT2D eigenvalue weighted by Gasteiger charge is 2.06. The van der Waals surface area contributed by atoms with Crippen molar-refractivity contribution in [2.24, 2.45) is 11.8 Å². The predicted octanol–water partition coefficient (Wildman–Crippen LogP) is 7.52. The van der Waals surface area contributed by atoms with Gasteiger partial charge in [-0.3, -0.25) is 4.79 Å². The Morgan fingerprint density at radius 1 is 1.10 bits per heavy atom. The van der Waals surface area contributed by atoms with Gasteiger partial charge in [-0.05, 0) is 68.6 Å². The van der Waals surface area contributed by atoms with Gasteiger partial charge in [-0.15, -0.1) is 0 Å². The number of halogens is 1. The minimum absolute atomic E-state index is 0.00126. The third kappa shape index (κ3) is 12.9. The summed E-state index contributed by atoms with van der Waals surface area (Å²) in [4.78, 5) is 11.3. The fraction of sp³-hybridized carbons (Fsp3) is 0.481. The van der Waals surface area contributed by atoms with Gasteiger partial charge < -0.3 is 0 Å². The number of allylic oxidation sites excluding steroid dienone is 6. The summed E-state index contributed by atoms with van der Waals surface area (Å²) in [7, 11) is 0. The SMILES string of the molecule is CCC(=O)CCCC(C#N)C/C=C/C=C/CC/C=C/C(C)CCc1ccc(F)cc1. The summed E-state index contributed by atoms with van der Waals surface area (Å²) in [5.74, 6) is 0.606. The number of aryl methyl sites for hydroxylation is 1. The summed E-state index contributed by atoms with van der Waals surface area (Å²) in [6, 6.07) is 9.09. The average Bonchev–Trinajstić information content (AvgIpc) is 2.76. The fourth-order valence-corrected chi connectivity index (χ4v) is 3.12. The van der Waals surface area contributed by atoms with Crippen LogP contribution in [0.3, 0.4) is 0 Å². The van der Waals surface area contributed by atoms with Crippen LogP contribution in [0.15, 0.2) is 60.7 Å². The molecule has 1 rings (SSSR count). The molecule has 0 bridgehead atoms. The lowest BCUT2D eigenvalue weighted by molar-refractivity contribution is -0.118. The van der Waals surface area contributed by atoms with Crippen molar-refractivity contribution < 1.29 is 9.18 Å². The Morgan fingerprint density at radius 3 is 2.50 bits per heavy atom. The molecule has 0 heterocycles. The maximum atomic E-state index is 12.9. The van der Waals surface area contributed by atoms with Crippen LogP contribution in [0.5, 0.6) is 0 Å². The highest BCUT2D eigenvalue weighted by Crippen LogP contribution is 2.14. The highest BCUT2D eigenvalue weighted by atomic mass is 19.1. The Hall–Kier alpha value is -2.47. The standard InChI is InChI=1S/C27H36FNO/c1-3-27(30)15-11-14-25(22-29)13-10-8-6-4-5-7-9-12-23(2)16-17-24-18-20-26(28)21-19-24/h4,6,8-10,12,18-21,23,25H,3,5,7,11,13-17H2,1-2H3/b6-4+,10-8+,12-9+. The summed E-state index contributed by atoms with van der Waals surface area (Å²) in [6.45, 7) is 4.09. The minimum atomic E-state index is -0.181. The molecule has 2 atom stereocenters. The lowest BCUT2D eigenvalue weighted by Gasteiger charge is -2.06. The number of benzene rings is 1. The molecule has 0 aliphatic rings. The molecule has 0 radical (unpaired) electrons. The lowest BCUT2D eigenvalue weighted by atomic mass is 9.98. The fourth-order valence-electron chi connectivity index (χ4n) is 3.12. The van der Waals surface area contributed by atoms with E-state index in [0.29, 0.717) is 18.8 Å². The van der Waals surface area contributed by atoms with Crippen LogP contribution in [0.25, 0.3) is 0 Å². The van der Waals surface area contributed by atoms with Gasteiger partial charge in [-0.1, -0.05) is 62.4 Å². The summed E-state index contributed by atoms with van der Waals surface area (Å²) in [5, 5.41) is 9.20. The molecule has 0 spiro atoms. The van der Waals surface area contributed by atoms with Crippen molar-refractivity contribution in [1.29, 1.82) is 5.26 Å². The van der Waals surface area contributed by atoms with Gasteiger partial charge in [0.05, 0.1) is 6.07 Å². The van der Waals surface area contributed by atoms with Crippen molar-refractivity contribution in [3.63, 3.8) is 0 Å². The Labute approximate surface area is 182 Å². The number of nitrogens with zero attached hydrogens (tertiary/aromatic N) is 1. The monoisotopic (exact) mass is 409 g/mol. The second kappa shape index (κ2) is 16.3. The van der Waals surface area contributed by atoms with Crippen molar-refractivity contribution in [2.75, 3.05) is 0 Å². The number of unbranched alkanes of at least 4 members (excludes halogenated alkanes) is 1. The summed E-state index contributed by atoms with van der Waals surface area (Å²) < 4.78 is 12.9. The maximum Gasteiger partial charge on any atom is 0.132 e. The number of nitriles is 1. The molecule has 0 aromatic heterocycles. The van der Waals surface area contributed by atoms with Gasteiger partial charge in [0.25, 0.3) is 0 Å². The van der Waals surface area contributed by atoms with Gasteiger partial charge in [-0.25, -0.2) is 4.39 Å².